The molecule has 22 nitrogen and oxygen atoms in total. The van der Waals surface area contributed by atoms with Gasteiger partial charge >= 0.3 is 27.7 Å². The minimum Gasteiger partial charge on any atom is -0.404 e. The predicted octanol–water partition coefficient (Wildman–Crippen LogP) is 6.41. The number of amides is 8. The van der Waals surface area contributed by atoms with Crippen molar-refractivity contribution in [2.75, 3.05) is 35.2 Å². The molecule has 8 amide bonds. The summed E-state index contributed by atoms with van der Waals surface area (Å²) >= 11 is 3.73. The second-order valence-electron chi connectivity index (χ2n) is 18.3. The number of fused-ring (bicyclic) bond motifs is 2. The SMILES string of the molecule is O=C(CCCCC1SCC2NC(=O)NC21)NCCCCCC(=O)Nc1ccc(OP(=O)(O)O)c(C(F)F)c1.O=C(CCCCC1SCC2NC(=O)NC21)NCCCCCC(=O)Nc1ccc(OP(=O)(O)O)c(CF)c1. The van der Waals surface area contributed by atoms with Gasteiger partial charge in [-0.1, -0.05) is 25.7 Å². The van der Waals surface area contributed by atoms with Crippen molar-refractivity contribution in [1.82, 2.24) is 31.9 Å². The van der Waals surface area contributed by atoms with Crippen LogP contribution in [-0.4, -0.2) is 115 Å². The van der Waals surface area contributed by atoms with Crippen molar-refractivity contribution in [1.29, 1.82) is 0 Å². The number of nitrogens with one attached hydrogen (secondary N) is 8. The number of anilines is 2. The average Bonchev–Trinajstić information content (AvgIpc) is 4.10. The van der Waals surface area contributed by atoms with Gasteiger partial charge in [0.25, 0.3) is 6.43 Å². The van der Waals surface area contributed by atoms with Crippen LogP contribution < -0.4 is 51.6 Å². The summed E-state index contributed by atoms with van der Waals surface area (Å²) in [5.41, 5.74) is -0.458. The number of hydrogen-bond acceptors (Lipinski definition) is 12. The van der Waals surface area contributed by atoms with Gasteiger partial charge in [0.1, 0.15) is 18.2 Å². The molecule has 0 saturated carbocycles. The predicted molar refractivity (Wildman–Crippen MR) is 276 cm³/mol. The van der Waals surface area contributed by atoms with E-state index >= 15 is 0 Å². The second kappa shape index (κ2) is 30.3. The van der Waals surface area contributed by atoms with Crippen molar-refractivity contribution < 1.29 is 79.7 Å². The molecule has 75 heavy (non-hydrogen) atoms. The second-order valence-corrected chi connectivity index (χ2v) is 23.2. The third-order valence-corrected chi connectivity index (χ3v) is 16.3. The molecule has 4 heterocycles. The zero-order chi connectivity index (χ0) is 54.5. The van der Waals surface area contributed by atoms with E-state index in [1.165, 1.54) is 24.3 Å². The van der Waals surface area contributed by atoms with E-state index in [0.29, 0.717) is 67.8 Å². The van der Waals surface area contributed by atoms with Gasteiger partial charge in [0.05, 0.1) is 29.7 Å². The Bertz CT molecular complexity index is 2380. The summed E-state index contributed by atoms with van der Waals surface area (Å²) < 4.78 is 70.2. The van der Waals surface area contributed by atoms with Gasteiger partial charge in [-0.3, -0.25) is 38.8 Å². The molecule has 0 aromatic heterocycles. The number of carbonyl (C=O) groups is 6. The molecule has 2 aromatic carbocycles. The molecule has 4 aliphatic rings. The maximum atomic E-state index is 13.2. The van der Waals surface area contributed by atoms with E-state index in [2.05, 4.69) is 51.6 Å². The maximum Gasteiger partial charge on any atom is 0.524 e. The lowest BCUT2D eigenvalue weighted by Gasteiger charge is -2.16. The molecule has 0 radical (unpaired) electrons. The molecule has 4 aliphatic heterocycles. The van der Waals surface area contributed by atoms with Crippen LogP contribution in [0.5, 0.6) is 11.5 Å². The first kappa shape index (κ1) is 61.1. The van der Waals surface area contributed by atoms with Crippen LogP contribution in [0.3, 0.4) is 0 Å². The fourth-order valence-corrected chi connectivity index (χ4v) is 12.7. The van der Waals surface area contributed by atoms with Gasteiger partial charge in [0, 0.05) is 77.7 Å². The Hall–Kier alpha value is -4.75. The Labute approximate surface area is 440 Å². The Morgan fingerprint density at radius 2 is 1.03 bits per heavy atom. The van der Waals surface area contributed by atoms with Gasteiger partial charge in [0.15, 0.2) is 0 Å². The quantitative estimate of drug-likeness (QED) is 0.0229. The molecule has 29 heteroatoms. The van der Waals surface area contributed by atoms with Gasteiger partial charge < -0.3 is 51.6 Å². The summed E-state index contributed by atoms with van der Waals surface area (Å²) in [5, 5.41) is 23.4. The summed E-state index contributed by atoms with van der Waals surface area (Å²) in [6.07, 6.45) is 7.64. The smallest absolute Gasteiger partial charge is 0.404 e. The van der Waals surface area contributed by atoms with Crippen LogP contribution in [0.25, 0.3) is 0 Å². The molecule has 6 rings (SSSR count). The van der Waals surface area contributed by atoms with E-state index in [-0.39, 0.29) is 83.8 Å². The van der Waals surface area contributed by atoms with Crippen molar-refractivity contribution >= 4 is 86.2 Å². The summed E-state index contributed by atoms with van der Waals surface area (Å²) in [4.78, 5) is 107. The fraction of sp³-hybridized carbons (Fsp3) is 0.609. The standard InChI is InChI=1S/C23H33F2N4O7PS.C23H34FN4O7PS/c24-22(25)15-12-14(9-10-17(15)36-37(33,34)35)27-20(31)8-2-1-5-11-26-19(30)7-4-3-6-18-21-16(13-38-18)28-23(32)29-21;24-13-15-12-16(9-10-18(15)35-36(32,33)34)26-21(30)8-2-1-5-11-25-20(29)7-4-3-6-19-22-17(14-37-19)27-23(31)28-22/h9-10,12,16,18,21-22H,1-8,11,13H2,(H,26,30)(H,27,31)(H2,28,29,32)(H2,33,34,35);9-10,12,17,19,22H,1-8,11,13-14H2,(H,25,29)(H,26,30)(H2,27,28,31)(H2,32,33,34). The zero-order valence-corrected chi connectivity index (χ0v) is 44.5. The van der Waals surface area contributed by atoms with E-state index in [1.54, 1.807) is 0 Å². The average molecular weight is 1140 g/mol. The van der Waals surface area contributed by atoms with E-state index in [1.807, 2.05) is 23.5 Å². The molecular formula is C46H67F3N8O14P2S2. The molecule has 0 spiro atoms. The van der Waals surface area contributed by atoms with Crippen LogP contribution in [-0.2, 0) is 35.0 Å². The Kier molecular flexibility index (Phi) is 24.7. The van der Waals surface area contributed by atoms with Gasteiger partial charge in [0.2, 0.25) is 23.6 Å². The Morgan fingerprint density at radius 1 is 0.600 bits per heavy atom. The molecule has 2 aromatic rings. The number of carbonyl (C=O) groups excluding carboxylic acids is 6. The van der Waals surface area contributed by atoms with Crippen molar-refractivity contribution in [2.24, 2.45) is 0 Å². The van der Waals surface area contributed by atoms with E-state index in [9.17, 15) is 51.1 Å². The van der Waals surface area contributed by atoms with Crippen LogP contribution in [0.2, 0.25) is 0 Å². The number of unbranched alkanes of at least 4 members (excludes halogenated alkanes) is 6. The molecule has 6 atom stereocenters. The third kappa shape index (κ3) is 22.0. The van der Waals surface area contributed by atoms with Crippen LogP contribution in [0.15, 0.2) is 36.4 Å². The lowest BCUT2D eigenvalue weighted by molar-refractivity contribution is -0.122. The van der Waals surface area contributed by atoms with Crippen molar-refractivity contribution in [3.8, 4) is 11.5 Å². The molecule has 4 saturated heterocycles. The third-order valence-electron chi connectivity index (χ3n) is 12.4. The highest BCUT2D eigenvalue weighted by Gasteiger charge is 2.43. The molecule has 4 fully saturated rings. The van der Waals surface area contributed by atoms with Gasteiger partial charge in [-0.05, 0) is 87.8 Å². The highest BCUT2D eigenvalue weighted by Crippen LogP contribution is 2.43. The molecule has 12 N–H and O–H groups in total. The normalized spacial score (nSPS) is 20.6. The molecule has 0 aliphatic carbocycles. The van der Waals surface area contributed by atoms with Crippen LogP contribution in [0, 0.1) is 0 Å². The number of urea groups is 2. The number of benzene rings is 2. The number of hydrogen-bond donors (Lipinski definition) is 12. The highest BCUT2D eigenvalue weighted by atomic mass is 32.2. The van der Waals surface area contributed by atoms with Gasteiger partial charge in [-0.2, -0.15) is 23.5 Å². The molecule has 0 bridgehead atoms. The molecular weight excluding hydrogens is 1070 g/mol. The van der Waals surface area contributed by atoms with Crippen LogP contribution in [0.4, 0.5) is 34.1 Å². The minimum atomic E-state index is -5.01. The number of rotatable bonds is 30. The van der Waals surface area contributed by atoms with Gasteiger partial charge in [-0.25, -0.2) is 31.9 Å². The van der Waals surface area contributed by atoms with E-state index in [0.717, 1.165) is 75.0 Å². The van der Waals surface area contributed by atoms with Crippen LogP contribution >= 0.6 is 39.2 Å². The summed E-state index contributed by atoms with van der Waals surface area (Å²) in [5.74, 6) is 0.252. The fourth-order valence-electron chi connectivity index (χ4n) is 8.79. The van der Waals surface area contributed by atoms with Crippen LogP contribution in [0.1, 0.15) is 120 Å². The first-order valence-electron chi connectivity index (χ1n) is 24.8. The molecule has 6 unspecified atom stereocenters. The number of phosphoric ester groups is 2. The first-order valence-corrected chi connectivity index (χ1v) is 29.9. The Morgan fingerprint density at radius 3 is 1.48 bits per heavy atom. The lowest BCUT2D eigenvalue weighted by Crippen LogP contribution is -2.36. The monoisotopic (exact) mass is 1140 g/mol. The number of halogens is 3. The first-order chi connectivity index (χ1) is 35.7. The maximum absolute atomic E-state index is 13.2. The van der Waals surface area contributed by atoms with Crippen molar-refractivity contribution in [3.63, 3.8) is 0 Å². The Balaban J connectivity index is 0.000000277. The van der Waals surface area contributed by atoms with Gasteiger partial charge in [-0.15, -0.1) is 0 Å². The number of alkyl halides is 3. The minimum absolute atomic E-state index is 0.0142. The van der Waals surface area contributed by atoms with Crippen molar-refractivity contribution in [3.05, 3.63) is 47.5 Å². The summed E-state index contributed by atoms with van der Waals surface area (Å²) in [7, 11) is -9.82. The summed E-state index contributed by atoms with van der Waals surface area (Å²) in [6.45, 7) is 0.0308. The lowest BCUT2D eigenvalue weighted by atomic mass is 10.0. The summed E-state index contributed by atoms with van der Waals surface area (Å²) in [6, 6.07) is 7.55. The van der Waals surface area contributed by atoms with E-state index < -0.39 is 46.0 Å². The number of thioether (sulfide) groups is 2. The highest BCUT2D eigenvalue weighted by molar-refractivity contribution is 8.00. The van der Waals surface area contributed by atoms with Crippen molar-refractivity contribution in [2.45, 2.75) is 151 Å². The largest absolute Gasteiger partial charge is 0.524 e. The molecule has 418 valence electrons. The number of phosphoric acid groups is 2. The van der Waals surface area contributed by atoms with E-state index in [4.69, 9.17) is 19.6 Å². The zero-order valence-electron chi connectivity index (χ0n) is 41.1. The topological polar surface area (TPSA) is 332 Å².